The van der Waals surface area contributed by atoms with Crippen LogP contribution in [0.1, 0.15) is 5.56 Å². The average molecular weight is 298 g/mol. The van der Waals surface area contributed by atoms with Gasteiger partial charge in [0, 0.05) is 23.2 Å². The summed E-state index contributed by atoms with van der Waals surface area (Å²) < 4.78 is 0. The van der Waals surface area contributed by atoms with Crippen LogP contribution in [0.5, 0.6) is 0 Å². The molecule has 110 valence electrons. The third kappa shape index (κ3) is 2.79. The van der Waals surface area contributed by atoms with Crippen molar-refractivity contribution in [1.29, 1.82) is 0 Å². The Morgan fingerprint density at radius 3 is 2.65 bits per heavy atom. The molecule has 0 atom stereocenters. The lowest BCUT2D eigenvalue weighted by molar-refractivity contribution is 0.948. The summed E-state index contributed by atoms with van der Waals surface area (Å²) in [7, 11) is 0. The van der Waals surface area contributed by atoms with E-state index in [2.05, 4.69) is 44.5 Å². The van der Waals surface area contributed by atoms with Gasteiger partial charge in [0.05, 0.1) is 12.1 Å². The minimum Gasteiger partial charge on any atom is -0.256 e. The van der Waals surface area contributed by atoms with Gasteiger partial charge in [-0.3, -0.25) is 4.98 Å². The van der Waals surface area contributed by atoms with E-state index in [0.717, 1.165) is 21.9 Å². The lowest BCUT2D eigenvalue weighted by atomic mass is 10.0. The lowest BCUT2D eigenvalue weighted by Gasteiger charge is -2.04. The SMILES string of the molecule is c1ccc(N=NCc2ccc3ncc4ccccc4c3c2)nc1. The number of azo groups is 1. The zero-order valence-corrected chi connectivity index (χ0v) is 12.4. The van der Waals surface area contributed by atoms with Crippen molar-refractivity contribution in [1.82, 2.24) is 9.97 Å². The van der Waals surface area contributed by atoms with Gasteiger partial charge in [0.2, 0.25) is 0 Å². The summed E-state index contributed by atoms with van der Waals surface area (Å²) in [5.41, 5.74) is 2.10. The van der Waals surface area contributed by atoms with Gasteiger partial charge in [-0.1, -0.05) is 36.4 Å². The number of aromatic nitrogens is 2. The second-order valence-electron chi connectivity index (χ2n) is 5.28. The number of hydrogen-bond acceptors (Lipinski definition) is 4. The highest BCUT2D eigenvalue weighted by molar-refractivity contribution is 6.05. The van der Waals surface area contributed by atoms with Gasteiger partial charge in [0.25, 0.3) is 0 Å². The predicted molar refractivity (Wildman–Crippen MR) is 91.7 cm³/mol. The van der Waals surface area contributed by atoms with Gasteiger partial charge in [0.15, 0.2) is 5.82 Å². The molecule has 0 N–H and O–H groups in total. The van der Waals surface area contributed by atoms with Crippen LogP contribution in [0.3, 0.4) is 0 Å². The first-order valence-corrected chi connectivity index (χ1v) is 7.45. The van der Waals surface area contributed by atoms with Gasteiger partial charge in [-0.15, -0.1) is 5.11 Å². The highest BCUT2D eigenvalue weighted by Gasteiger charge is 2.02. The molecule has 2 aromatic carbocycles. The van der Waals surface area contributed by atoms with Crippen molar-refractivity contribution in [2.75, 3.05) is 0 Å². The molecule has 0 amide bonds. The Labute approximate surface area is 133 Å². The molecule has 4 heteroatoms. The Morgan fingerprint density at radius 2 is 1.74 bits per heavy atom. The highest BCUT2D eigenvalue weighted by atomic mass is 15.1. The van der Waals surface area contributed by atoms with Crippen LogP contribution in [0, 0.1) is 0 Å². The van der Waals surface area contributed by atoms with Gasteiger partial charge < -0.3 is 0 Å². The Balaban J connectivity index is 1.68. The molecular formula is C19H14N4. The summed E-state index contributed by atoms with van der Waals surface area (Å²) >= 11 is 0. The van der Waals surface area contributed by atoms with Crippen molar-refractivity contribution in [3.63, 3.8) is 0 Å². The van der Waals surface area contributed by atoms with Gasteiger partial charge in [-0.05, 0) is 35.2 Å². The second kappa shape index (κ2) is 5.93. The first-order valence-electron chi connectivity index (χ1n) is 7.45. The van der Waals surface area contributed by atoms with Crippen molar-refractivity contribution in [3.8, 4) is 0 Å². The van der Waals surface area contributed by atoms with E-state index in [0.29, 0.717) is 12.4 Å². The summed E-state index contributed by atoms with van der Waals surface area (Å²) in [5, 5.41) is 11.9. The maximum Gasteiger partial charge on any atom is 0.173 e. The van der Waals surface area contributed by atoms with Crippen molar-refractivity contribution in [3.05, 3.63) is 78.6 Å². The quantitative estimate of drug-likeness (QED) is 0.392. The number of nitrogens with zero attached hydrogens (tertiary/aromatic N) is 4. The number of benzene rings is 2. The van der Waals surface area contributed by atoms with Crippen LogP contribution in [0.4, 0.5) is 5.82 Å². The zero-order chi connectivity index (χ0) is 15.5. The third-order valence-corrected chi connectivity index (χ3v) is 3.73. The molecule has 0 aliphatic heterocycles. The molecule has 0 aliphatic carbocycles. The van der Waals surface area contributed by atoms with E-state index < -0.39 is 0 Å². The summed E-state index contributed by atoms with van der Waals surface area (Å²) in [6.45, 7) is 0.524. The molecule has 0 bridgehead atoms. The maximum absolute atomic E-state index is 4.51. The minimum atomic E-state index is 0.524. The van der Waals surface area contributed by atoms with Crippen LogP contribution in [0.15, 0.2) is 83.3 Å². The molecule has 0 aliphatic rings. The van der Waals surface area contributed by atoms with Crippen LogP contribution >= 0.6 is 0 Å². The minimum absolute atomic E-state index is 0.524. The molecule has 0 saturated heterocycles. The Morgan fingerprint density at radius 1 is 0.826 bits per heavy atom. The number of pyridine rings is 2. The van der Waals surface area contributed by atoms with Gasteiger partial charge >= 0.3 is 0 Å². The molecule has 0 spiro atoms. The largest absolute Gasteiger partial charge is 0.256 e. The van der Waals surface area contributed by atoms with Crippen LogP contribution in [0.2, 0.25) is 0 Å². The van der Waals surface area contributed by atoms with E-state index in [1.165, 1.54) is 5.39 Å². The molecule has 23 heavy (non-hydrogen) atoms. The molecule has 4 aromatic rings. The fraction of sp³-hybridized carbons (Fsp3) is 0.0526. The van der Waals surface area contributed by atoms with E-state index in [1.54, 1.807) is 6.20 Å². The highest BCUT2D eigenvalue weighted by Crippen LogP contribution is 2.24. The molecule has 0 unspecified atom stereocenters. The van der Waals surface area contributed by atoms with E-state index in [-0.39, 0.29) is 0 Å². The summed E-state index contributed by atoms with van der Waals surface area (Å²) in [5.74, 6) is 0.625. The fourth-order valence-corrected chi connectivity index (χ4v) is 2.61. The first-order chi connectivity index (χ1) is 11.4. The Hall–Kier alpha value is -3.14. The van der Waals surface area contributed by atoms with E-state index >= 15 is 0 Å². The van der Waals surface area contributed by atoms with Crippen LogP contribution in [0.25, 0.3) is 21.7 Å². The zero-order valence-electron chi connectivity index (χ0n) is 12.4. The molecule has 0 fully saturated rings. The average Bonchev–Trinajstić information content (AvgIpc) is 2.62. The first kappa shape index (κ1) is 13.5. The number of hydrogen-bond donors (Lipinski definition) is 0. The smallest absolute Gasteiger partial charge is 0.173 e. The van der Waals surface area contributed by atoms with Gasteiger partial charge in [0.1, 0.15) is 0 Å². The molecule has 4 nitrogen and oxygen atoms in total. The lowest BCUT2D eigenvalue weighted by Crippen LogP contribution is -1.86. The predicted octanol–water partition coefficient (Wildman–Crippen LogP) is 5.07. The van der Waals surface area contributed by atoms with Crippen molar-refractivity contribution in [2.24, 2.45) is 10.2 Å². The van der Waals surface area contributed by atoms with Crippen molar-refractivity contribution < 1.29 is 0 Å². The van der Waals surface area contributed by atoms with Crippen LogP contribution in [-0.4, -0.2) is 9.97 Å². The van der Waals surface area contributed by atoms with E-state index in [9.17, 15) is 0 Å². The number of rotatable bonds is 3. The van der Waals surface area contributed by atoms with Gasteiger partial charge in [-0.2, -0.15) is 5.11 Å². The molecule has 4 rings (SSSR count). The standard InChI is InChI=1S/C19H14N4/c1-2-6-16-15(5-1)13-21-18-9-8-14(11-17(16)18)12-22-23-19-7-3-4-10-20-19/h1-11,13H,12H2. The fourth-order valence-electron chi connectivity index (χ4n) is 2.61. The molecule has 0 saturated carbocycles. The molecule has 2 heterocycles. The van der Waals surface area contributed by atoms with Gasteiger partial charge in [-0.25, -0.2) is 4.98 Å². The second-order valence-corrected chi connectivity index (χ2v) is 5.28. The number of fused-ring (bicyclic) bond motifs is 3. The Bertz CT molecular complexity index is 994. The Kier molecular flexibility index (Phi) is 3.48. The maximum atomic E-state index is 4.51. The van der Waals surface area contributed by atoms with Crippen LogP contribution < -0.4 is 0 Å². The summed E-state index contributed by atoms with van der Waals surface area (Å²) in [6, 6.07) is 20.1. The van der Waals surface area contributed by atoms with Crippen molar-refractivity contribution >= 4 is 27.5 Å². The molecule has 0 radical (unpaired) electrons. The van der Waals surface area contributed by atoms with E-state index in [1.807, 2.05) is 42.6 Å². The summed E-state index contributed by atoms with van der Waals surface area (Å²) in [6.07, 6.45) is 3.63. The molecular weight excluding hydrogens is 284 g/mol. The topological polar surface area (TPSA) is 50.5 Å². The van der Waals surface area contributed by atoms with E-state index in [4.69, 9.17) is 0 Å². The monoisotopic (exact) mass is 298 g/mol. The normalized spacial score (nSPS) is 11.5. The molecule has 2 aromatic heterocycles. The third-order valence-electron chi connectivity index (χ3n) is 3.73. The summed E-state index contributed by atoms with van der Waals surface area (Å²) in [4.78, 5) is 8.64. The van der Waals surface area contributed by atoms with Crippen molar-refractivity contribution in [2.45, 2.75) is 6.54 Å². The van der Waals surface area contributed by atoms with Crippen LogP contribution in [-0.2, 0) is 6.54 Å².